The summed E-state index contributed by atoms with van der Waals surface area (Å²) in [7, 11) is 0. The molecule has 0 fully saturated rings. The highest BCUT2D eigenvalue weighted by molar-refractivity contribution is 9.10. The maximum absolute atomic E-state index is 5.76. The van der Waals surface area contributed by atoms with Crippen molar-refractivity contribution in [2.75, 3.05) is 0 Å². The van der Waals surface area contributed by atoms with Crippen molar-refractivity contribution in [2.45, 2.75) is 6.61 Å². The summed E-state index contributed by atoms with van der Waals surface area (Å²) < 4.78 is 6.73. The Morgan fingerprint density at radius 3 is 2.67 bits per heavy atom. The van der Waals surface area contributed by atoms with Gasteiger partial charge in [-0.05, 0) is 23.8 Å². The van der Waals surface area contributed by atoms with E-state index in [2.05, 4.69) is 21.0 Å². The minimum Gasteiger partial charge on any atom is -0.488 e. The molecule has 2 N–H and O–H groups in total. The molecule has 0 aliphatic carbocycles. The molecule has 0 atom stereocenters. The van der Waals surface area contributed by atoms with Crippen LogP contribution in [0, 0.1) is 0 Å². The summed E-state index contributed by atoms with van der Waals surface area (Å²) in [5.74, 6) is 5.95. The van der Waals surface area contributed by atoms with E-state index < -0.39 is 0 Å². The lowest BCUT2D eigenvalue weighted by molar-refractivity contribution is 0.306. The van der Waals surface area contributed by atoms with Crippen LogP contribution < -0.4 is 10.6 Å². The first kappa shape index (κ1) is 12.6. The van der Waals surface area contributed by atoms with Gasteiger partial charge in [0, 0.05) is 10.0 Å². The first-order chi connectivity index (χ1) is 8.79. The Kier molecular flexibility index (Phi) is 4.36. The zero-order chi connectivity index (χ0) is 12.8. The van der Waals surface area contributed by atoms with E-state index in [1.807, 2.05) is 48.5 Å². The molecule has 18 heavy (non-hydrogen) atoms. The van der Waals surface area contributed by atoms with Crippen LogP contribution in [0.3, 0.4) is 0 Å². The third kappa shape index (κ3) is 3.34. The molecule has 0 saturated heterocycles. The maximum Gasteiger partial charge on any atom is 0.128 e. The quantitative estimate of drug-likeness (QED) is 0.535. The average Bonchev–Trinajstić information content (AvgIpc) is 2.39. The van der Waals surface area contributed by atoms with Crippen molar-refractivity contribution in [1.29, 1.82) is 0 Å². The SMILES string of the molecule is N/N=C\c1cc(Br)ccc1OCc1ccccc1. The van der Waals surface area contributed by atoms with Gasteiger partial charge in [-0.2, -0.15) is 5.10 Å². The summed E-state index contributed by atoms with van der Waals surface area (Å²) in [4.78, 5) is 0. The smallest absolute Gasteiger partial charge is 0.128 e. The molecule has 0 saturated carbocycles. The molecule has 4 heteroatoms. The number of nitrogens with zero attached hydrogens (tertiary/aromatic N) is 1. The molecule has 0 aromatic heterocycles. The van der Waals surface area contributed by atoms with Crippen LogP contribution in [0.1, 0.15) is 11.1 Å². The van der Waals surface area contributed by atoms with Crippen molar-refractivity contribution in [3.63, 3.8) is 0 Å². The molecular formula is C14H13BrN2O. The van der Waals surface area contributed by atoms with Gasteiger partial charge < -0.3 is 10.6 Å². The van der Waals surface area contributed by atoms with Crippen LogP contribution in [-0.2, 0) is 6.61 Å². The molecule has 0 aliphatic heterocycles. The second-order valence-corrected chi connectivity index (χ2v) is 4.65. The second-order valence-electron chi connectivity index (χ2n) is 3.73. The highest BCUT2D eigenvalue weighted by Crippen LogP contribution is 2.22. The van der Waals surface area contributed by atoms with Gasteiger partial charge in [0.1, 0.15) is 12.4 Å². The fourth-order valence-electron chi connectivity index (χ4n) is 1.57. The van der Waals surface area contributed by atoms with Gasteiger partial charge in [-0.25, -0.2) is 0 Å². The van der Waals surface area contributed by atoms with Crippen LogP contribution in [0.4, 0.5) is 0 Å². The Balaban J connectivity index is 2.14. The predicted molar refractivity (Wildman–Crippen MR) is 76.7 cm³/mol. The number of halogens is 1. The molecule has 0 bridgehead atoms. The van der Waals surface area contributed by atoms with Crippen LogP contribution in [-0.4, -0.2) is 6.21 Å². The average molecular weight is 305 g/mol. The third-order valence-electron chi connectivity index (χ3n) is 2.42. The standard InChI is InChI=1S/C14H13BrN2O/c15-13-6-7-14(12(8-13)9-17-16)18-10-11-4-2-1-3-5-11/h1-9H,10,16H2/b17-9-. The van der Waals surface area contributed by atoms with Gasteiger partial charge in [-0.15, -0.1) is 0 Å². The predicted octanol–water partition coefficient (Wildman–Crippen LogP) is 3.32. The van der Waals surface area contributed by atoms with Gasteiger partial charge in [0.25, 0.3) is 0 Å². The van der Waals surface area contributed by atoms with E-state index in [-0.39, 0.29) is 0 Å². The minimum atomic E-state index is 0.522. The number of hydrogen-bond acceptors (Lipinski definition) is 3. The van der Waals surface area contributed by atoms with Gasteiger partial charge in [-0.3, -0.25) is 0 Å². The van der Waals surface area contributed by atoms with Gasteiger partial charge >= 0.3 is 0 Å². The number of nitrogens with two attached hydrogens (primary N) is 1. The summed E-state index contributed by atoms with van der Waals surface area (Å²) in [5, 5.41) is 3.54. The zero-order valence-corrected chi connectivity index (χ0v) is 11.3. The highest BCUT2D eigenvalue weighted by Gasteiger charge is 2.03. The molecular weight excluding hydrogens is 292 g/mol. The lowest BCUT2D eigenvalue weighted by atomic mass is 10.2. The first-order valence-corrected chi connectivity index (χ1v) is 6.28. The molecule has 0 unspecified atom stereocenters. The Labute approximate surface area is 114 Å². The highest BCUT2D eigenvalue weighted by atomic mass is 79.9. The number of hydrogen-bond donors (Lipinski definition) is 1. The van der Waals surface area contributed by atoms with Crippen molar-refractivity contribution in [1.82, 2.24) is 0 Å². The number of rotatable bonds is 4. The molecule has 0 aliphatic rings. The van der Waals surface area contributed by atoms with Gasteiger partial charge in [0.05, 0.1) is 6.21 Å². The molecule has 0 heterocycles. The van der Waals surface area contributed by atoms with Crippen LogP contribution >= 0.6 is 15.9 Å². The van der Waals surface area contributed by atoms with Gasteiger partial charge in [0.15, 0.2) is 0 Å². The molecule has 0 radical (unpaired) electrons. The van der Waals surface area contributed by atoms with E-state index in [0.717, 1.165) is 21.3 Å². The summed E-state index contributed by atoms with van der Waals surface area (Å²) in [6.45, 7) is 0.522. The fourth-order valence-corrected chi connectivity index (χ4v) is 1.95. The number of hydrazone groups is 1. The molecule has 3 nitrogen and oxygen atoms in total. The summed E-state index contributed by atoms with van der Waals surface area (Å²) >= 11 is 3.40. The minimum absolute atomic E-state index is 0.522. The normalized spacial score (nSPS) is 10.7. The van der Waals surface area contributed by atoms with E-state index in [1.165, 1.54) is 0 Å². The van der Waals surface area contributed by atoms with Crippen LogP contribution in [0.2, 0.25) is 0 Å². The summed E-state index contributed by atoms with van der Waals surface area (Å²) in [6.07, 6.45) is 1.57. The Bertz CT molecular complexity index is 541. The van der Waals surface area contributed by atoms with Crippen molar-refractivity contribution >= 4 is 22.1 Å². The largest absolute Gasteiger partial charge is 0.488 e. The summed E-state index contributed by atoms with van der Waals surface area (Å²) in [5.41, 5.74) is 1.97. The molecule has 0 amide bonds. The molecule has 2 aromatic carbocycles. The summed E-state index contributed by atoms with van der Waals surface area (Å²) in [6, 6.07) is 15.7. The Morgan fingerprint density at radius 2 is 1.94 bits per heavy atom. The van der Waals surface area contributed by atoms with Crippen LogP contribution in [0.15, 0.2) is 58.1 Å². The van der Waals surface area contributed by atoms with Crippen LogP contribution in [0.25, 0.3) is 0 Å². The number of ether oxygens (including phenoxy) is 1. The van der Waals surface area contributed by atoms with Gasteiger partial charge in [-0.1, -0.05) is 46.3 Å². The number of benzene rings is 2. The lowest BCUT2D eigenvalue weighted by Crippen LogP contribution is -1.99. The maximum atomic E-state index is 5.76. The zero-order valence-electron chi connectivity index (χ0n) is 9.71. The van der Waals surface area contributed by atoms with Crippen molar-refractivity contribution in [2.24, 2.45) is 10.9 Å². The first-order valence-electron chi connectivity index (χ1n) is 5.49. The molecule has 92 valence electrons. The fraction of sp³-hybridized carbons (Fsp3) is 0.0714. The van der Waals surface area contributed by atoms with E-state index in [9.17, 15) is 0 Å². The molecule has 0 spiro atoms. The van der Waals surface area contributed by atoms with Crippen molar-refractivity contribution in [3.05, 3.63) is 64.1 Å². The molecule has 2 rings (SSSR count). The second kappa shape index (κ2) is 6.21. The monoisotopic (exact) mass is 304 g/mol. The molecule has 2 aromatic rings. The Hall–Kier alpha value is -1.81. The van der Waals surface area contributed by atoms with E-state index in [4.69, 9.17) is 10.6 Å². The van der Waals surface area contributed by atoms with Crippen molar-refractivity contribution in [3.8, 4) is 5.75 Å². The van der Waals surface area contributed by atoms with E-state index >= 15 is 0 Å². The van der Waals surface area contributed by atoms with Gasteiger partial charge in [0.2, 0.25) is 0 Å². The Morgan fingerprint density at radius 1 is 1.17 bits per heavy atom. The lowest BCUT2D eigenvalue weighted by Gasteiger charge is -2.09. The van der Waals surface area contributed by atoms with Crippen LogP contribution in [0.5, 0.6) is 5.75 Å². The van der Waals surface area contributed by atoms with E-state index in [0.29, 0.717) is 6.61 Å². The van der Waals surface area contributed by atoms with E-state index in [1.54, 1.807) is 6.21 Å². The third-order valence-corrected chi connectivity index (χ3v) is 2.92. The van der Waals surface area contributed by atoms with Crippen molar-refractivity contribution < 1.29 is 4.74 Å². The topological polar surface area (TPSA) is 47.6 Å².